The van der Waals surface area contributed by atoms with Gasteiger partial charge >= 0.3 is 0 Å². The maximum Gasteiger partial charge on any atom is 0.198 e. The molecule has 0 amide bonds. The lowest BCUT2D eigenvalue weighted by atomic mass is 10.1. The lowest BCUT2D eigenvalue weighted by Gasteiger charge is -2.01. The summed E-state index contributed by atoms with van der Waals surface area (Å²) in [5.74, 6) is 0.708. The molecule has 17 heavy (non-hydrogen) atoms. The van der Waals surface area contributed by atoms with Crippen LogP contribution in [0.4, 0.5) is 0 Å². The minimum Gasteiger partial charge on any atom is -0.449 e. The molecule has 0 N–H and O–H groups in total. The first kappa shape index (κ1) is 10.3. The molecule has 3 rings (SSSR count). The maximum absolute atomic E-state index is 5.92. The van der Waals surface area contributed by atoms with Crippen molar-refractivity contribution in [1.29, 1.82) is 0 Å². The predicted octanol–water partition coefficient (Wildman–Crippen LogP) is 3.47. The fourth-order valence-electron chi connectivity index (χ4n) is 1.78. The second kappa shape index (κ2) is 4.18. The topological polar surface area (TPSA) is 38.9 Å². The standard InChI is InChI=1S/C13H9ClN2O/c14-11-7-10-5-9(1-2-12(10)16-8-11)6-13-15-3-4-17-13/h1-5,7-8H,6H2. The molecule has 3 aromatic rings. The van der Waals surface area contributed by atoms with Crippen LogP contribution in [0.3, 0.4) is 0 Å². The quantitative estimate of drug-likeness (QED) is 0.693. The van der Waals surface area contributed by atoms with Crippen LogP contribution in [0.1, 0.15) is 11.5 Å². The Bertz CT molecular complexity index is 650. The lowest BCUT2D eigenvalue weighted by Crippen LogP contribution is -1.89. The van der Waals surface area contributed by atoms with Crippen LogP contribution in [0.5, 0.6) is 0 Å². The number of hydrogen-bond donors (Lipinski definition) is 0. The third kappa shape index (κ3) is 2.15. The minimum atomic E-state index is 0.644. The molecule has 0 saturated carbocycles. The third-order valence-corrected chi connectivity index (χ3v) is 2.76. The zero-order valence-corrected chi connectivity index (χ0v) is 9.69. The van der Waals surface area contributed by atoms with E-state index in [-0.39, 0.29) is 0 Å². The van der Waals surface area contributed by atoms with Gasteiger partial charge in [-0.05, 0) is 23.8 Å². The minimum absolute atomic E-state index is 0.644. The smallest absolute Gasteiger partial charge is 0.198 e. The van der Waals surface area contributed by atoms with Gasteiger partial charge < -0.3 is 4.42 Å². The first-order chi connectivity index (χ1) is 8.31. The maximum atomic E-state index is 5.92. The molecule has 0 spiro atoms. The van der Waals surface area contributed by atoms with E-state index >= 15 is 0 Å². The van der Waals surface area contributed by atoms with Crippen molar-refractivity contribution in [3.63, 3.8) is 0 Å². The van der Waals surface area contributed by atoms with Crippen molar-refractivity contribution in [3.05, 3.63) is 59.4 Å². The Hall–Kier alpha value is -1.87. The van der Waals surface area contributed by atoms with Gasteiger partial charge in [0.1, 0.15) is 6.26 Å². The van der Waals surface area contributed by atoms with Gasteiger partial charge in [-0.2, -0.15) is 0 Å². The van der Waals surface area contributed by atoms with E-state index in [1.807, 2.05) is 18.2 Å². The molecule has 1 aromatic carbocycles. The van der Waals surface area contributed by atoms with Crippen molar-refractivity contribution in [2.75, 3.05) is 0 Å². The van der Waals surface area contributed by atoms with Gasteiger partial charge in [0.25, 0.3) is 0 Å². The molecule has 0 atom stereocenters. The summed E-state index contributed by atoms with van der Waals surface area (Å²) in [6.45, 7) is 0. The molecule has 0 fully saturated rings. The van der Waals surface area contributed by atoms with Crippen LogP contribution in [-0.4, -0.2) is 9.97 Å². The number of aromatic nitrogens is 2. The van der Waals surface area contributed by atoms with E-state index in [0.29, 0.717) is 17.3 Å². The average Bonchev–Trinajstić information content (AvgIpc) is 2.81. The van der Waals surface area contributed by atoms with Gasteiger partial charge in [-0.15, -0.1) is 0 Å². The van der Waals surface area contributed by atoms with E-state index in [4.69, 9.17) is 16.0 Å². The van der Waals surface area contributed by atoms with Gasteiger partial charge in [0, 0.05) is 18.0 Å². The number of benzene rings is 1. The molecule has 0 aliphatic rings. The summed E-state index contributed by atoms with van der Waals surface area (Å²) in [6, 6.07) is 7.96. The number of halogens is 1. The fourth-order valence-corrected chi connectivity index (χ4v) is 1.95. The van der Waals surface area contributed by atoms with Crippen molar-refractivity contribution in [2.45, 2.75) is 6.42 Å². The highest BCUT2D eigenvalue weighted by molar-refractivity contribution is 6.31. The second-order valence-electron chi connectivity index (χ2n) is 3.78. The summed E-state index contributed by atoms with van der Waals surface area (Å²) in [6.07, 6.45) is 5.55. The largest absolute Gasteiger partial charge is 0.449 e. The number of pyridine rings is 1. The van der Waals surface area contributed by atoms with E-state index in [0.717, 1.165) is 16.5 Å². The van der Waals surface area contributed by atoms with Crippen molar-refractivity contribution < 1.29 is 4.42 Å². The monoisotopic (exact) mass is 244 g/mol. The van der Waals surface area contributed by atoms with Gasteiger partial charge in [0.05, 0.1) is 16.7 Å². The Labute approximate surface area is 103 Å². The van der Waals surface area contributed by atoms with E-state index < -0.39 is 0 Å². The summed E-state index contributed by atoms with van der Waals surface area (Å²) in [4.78, 5) is 8.35. The van der Waals surface area contributed by atoms with Crippen molar-refractivity contribution in [1.82, 2.24) is 9.97 Å². The number of rotatable bonds is 2. The third-order valence-electron chi connectivity index (χ3n) is 2.55. The number of hydrogen-bond acceptors (Lipinski definition) is 3. The van der Waals surface area contributed by atoms with Gasteiger partial charge in [-0.1, -0.05) is 17.7 Å². The summed E-state index contributed by atoms with van der Waals surface area (Å²) in [5, 5.41) is 1.67. The molecule has 0 unspecified atom stereocenters. The number of nitrogens with zero attached hydrogens (tertiary/aromatic N) is 2. The van der Waals surface area contributed by atoms with Crippen molar-refractivity contribution in [3.8, 4) is 0 Å². The van der Waals surface area contributed by atoms with Crippen LogP contribution in [0.2, 0.25) is 5.02 Å². The highest BCUT2D eigenvalue weighted by Crippen LogP contribution is 2.19. The van der Waals surface area contributed by atoms with E-state index in [2.05, 4.69) is 16.0 Å². The Balaban J connectivity index is 2.01. The average molecular weight is 245 g/mol. The first-order valence-electron chi connectivity index (χ1n) is 5.24. The Morgan fingerprint density at radius 3 is 2.94 bits per heavy atom. The van der Waals surface area contributed by atoms with E-state index in [1.165, 1.54) is 0 Å². The Morgan fingerprint density at radius 2 is 2.12 bits per heavy atom. The van der Waals surface area contributed by atoms with E-state index in [1.54, 1.807) is 18.7 Å². The molecular weight excluding hydrogens is 236 g/mol. The number of oxazole rings is 1. The molecular formula is C13H9ClN2O. The predicted molar refractivity (Wildman–Crippen MR) is 66.1 cm³/mol. The SMILES string of the molecule is Clc1cnc2ccc(Cc3ncco3)cc2c1. The molecule has 0 radical (unpaired) electrons. The first-order valence-corrected chi connectivity index (χ1v) is 5.61. The van der Waals surface area contributed by atoms with Crippen LogP contribution >= 0.6 is 11.6 Å². The normalized spacial score (nSPS) is 10.9. The van der Waals surface area contributed by atoms with Gasteiger partial charge in [0.15, 0.2) is 5.89 Å². The number of fused-ring (bicyclic) bond motifs is 1. The Kier molecular flexibility index (Phi) is 2.53. The van der Waals surface area contributed by atoms with Crippen LogP contribution in [0.25, 0.3) is 10.9 Å². The van der Waals surface area contributed by atoms with Gasteiger partial charge in [-0.25, -0.2) is 4.98 Å². The summed E-state index contributed by atoms with van der Waals surface area (Å²) in [5.41, 5.74) is 2.06. The van der Waals surface area contributed by atoms with Crippen molar-refractivity contribution >= 4 is 22.5 Å². The molecule has 4 heteroatoms. The molecule has 0 bridgehead atoms. The fraction of sp³-hybridized carbons (Fsp3) is 0.0769. The summed E-state index contributed by atoms with van der Waals surface area (Å²) >= 11 is 5.92. The zero-order valence-electron chi connectivity index (χ0n) is 8.93. The van der Waals surface area contributed by atoms with Crippen molar-refractivity contribution in [2.24, 2.45) is 0 Å². The Morgan fingerprint density at radius 1 is 1.18 bits per heavy atom. The molecule has 2 aromatic heterocycles. The second-order valence-corrected chi connectivity index (χ2v) is 4.22. The van der Waals surface area contributed by atoms with Crippen LogP contribution < -0.4 is 0 Å². The zero-order chi connectivity index (χ0) is 11.7. The summed E-state index contributed by atoms with van der Waals surface area (Å²) < 4.78 is 5.22. The summed E-state index contributed by atoms with van der Waals surface area (Å²) in [7, 11) is 0. The van der Waals surface area contributed by atoms with E-state index in [9.17, 15) is 0 Å². The lowest BCUT2D eigenvalue weighted by molar-refractivity contribution is 0.507. The molecule has 0 aliphatic heterocycles. The molecule has 3 nitrogen and oxygen atoms in total. The van der Waals surface area contributed by atoms with Gasteiger partial charge in [-0.3, -0.25) is 4.98 Å². The molecule has 84 valence electrons. The molecule has 0 aliphatic carbocycles. The molecule has 0 saturated heterocycles. The highest BCUT2D eigenvalue weighted by atomic mass is 35.5. The molecule has 2 heterocycles. The van der Waals surface area contributed by atoms with Crippen LogP contribution in [0, 0.1) is 0 Å². The van der Waals surface area contributed by atoms with Gasteiger partial charge in [0.2, 0.25) is 0 Å². The van der Waals surface area contributed by atoms with Crippen LogP contribution in [0.15, 0.2) is 47.3 Å². The van der Waals surface area contributed by atoms with Crippen LogP contribution in [-0.2, 0) is 6.42 Å². The highest BCUT2D eigenvalue weighted by Gasteiger charge is 2.02.